The molecule has 3 heterocycles. The lowest BCUT2D eigenvalue weighted by atomic mass is 10.0. The molecule has 0 N–H and O–H groups in total. The van der Waals surface area contributed by atoms with Crippen LogP contribution in [0.15, 0.2) is 36.8 Å². The Labute approximate surface area is 202 Å². The fourth-order valence-corrected chi connectivity index (χ4v) is 4.40. The smallest absolute Gasteiger partial charge is 0.338 e. The van der Waals surface area contributed by atoms with Crippen molar-refractivity contribution in [2.45, 2.75) is 32.4 Å². The standard InChI is InChI=1S/C24H27F2N5O3Si/c1-30-13-16(11-28-30)23-17-10-20(22-18(25)8-15(9-19(22)26)24(32)33-2)27-12-21(17)31(29-23)14-34-6-7-35(3,4)5/h8-13H,6-7,14H2,1-5H3. The van der Waals surface area contributed by atoms with Gasteiger partial charge in [-0.05, 0) is 24.2 Å². The first-order valence-electron chi connectivity index (χ1n) is 11.1. The van der Waals surface area contributed by atoms with Crippen molar-refractivity contribution in [2.24, 2.45) is 7.05 Å². The summed E-state index contributed by atoms with van der Waals surface area (Å²) in [6, 6.07) is 4.48. The molecule has 0 atom stereocenters. The van der Waals surface area contributed by atoms with E-state index in [0.717, 1.165) is 30.9 Å². The Morgan fingerprint density at radius 2 is 1.83 bits per heavy atom. The molecule has 1 aromatic carbocycles. The van der Waals surface area contributed by atoms with Crippen LogP contribution in [0.5, 0.6) is 0 Å². The molecule has 0 unspecified atom stereocenters. The number of halogens is 2. The predicted octanol–water partition coefficient (Wildman–Crippen LogP) is 4.88. The second kappa shape index (κ2) is 9.66. The zero-order valence-electron chi connectivity index (χ0n) is 20.3. The van der Waals surface area contributed by atoms with Gasteiger partial charge in [-0.25, -0.2) is 18.3 Å². The summed E-state index contributed by atoms with van der Waals surface area (Å²) in [5, 5.41) is 9.56. The molecule has 0 aliphatic heterocycles. The lowest BCUT2D eigenvalue weighted by Gasteiger charge is -2.15. The fraction of sp³-hybridized carbons (Fsp3) is 0.333. The molecule has 8 nitrogen and oxygen atoms in total. The van der Waals surface area contributed by atoms with Crippen LogP contribution < -0.4 is 0 Å². The molecule has 0 aliphatic carbocycles. The van der Waals surface area contributed by atoms with Gasteiger partial charge in [-0.15, -0.1) is 0 Å². The molecule has 4 aromatic rings. The number of carbonyl (C=O) groups excluding carboxylic acids is 1. The molecule has 0 fully saturated rings. The van der Waals surface area contributed by atoms with Gasteiger partial charge in [0, 0.05) is 38.9 Å². The van der Waals surface area contributed by atoms with Crippen molar-refractivity contribution < 1.29 is 23.0 Å². The van der Waals surface area contributed by atoms with Crippen LogP contribution in [0, 0.1) is 11.6 Å². The van der Waals surface area contributed by atoms with Gasteiger partial charge < -0.3 is 9.47 Å². The Morgan fingerprint density at radius 1 is 1.11 bits per heavy atom. The maximum atomic E-state index is 14.9. The summed E-state index contributed by atoms with van der Waals surface area (Å²) in [5.41, 5.74) is 1.53. The fourth-order valence-electron chi connectivity index (χ4n) is 3.65. The molecule has 4 rings (SSSR count). The monoisotopic (exact) mass is 499 g/mol. The third-order valence-electron chi connectivity index (χ3n) is 5.54. The van der Waals surface area contributed by atoms with E-state index in [0.29, 0.717) is 23.2 Å². The number of carbonyl (C=O) groups is 1. The van der Waals surface area contributed by atoms with Crippen molar-refractivity contribution >= 4 is 24.9 Å². The topological polar surface area (TPSA) is 84.1 Å². The Bertz CT molecular complexity index is 1370. The van der Waals surface area contributed by atoms with Gasteiger partial charge in [0.1, 0.15) is 24.1 Å². The van der Waals surface area contributed by atoms with E-state index in [9.17, 15) is 13.6 Å². The summed E-state index contributed by atoms with van der Waals surface area (Å²) in [4.78, 5) is 16.0. The number of aryl methyl sites for hydroxylation is 1. The van der Waals surface area contributed by atoms with Crippen molar-refractivity contribution in [3.05, 3.63) is 54.0 Å². The number of benzene rings is 1. The van der Waals surface area contributed by atoms with Gasteiger partial charge in [0.05, 0.1) is 41.8 Å². The zero-order valence-corrected chi connectivity index (χ0v) is 21.3. The van der Waals surface area contributed by atoms with E-state index in [4.69, 9.17) is 9.84 Å². The minimum absolute atomic E-state index is 0.0771. The highest BCUT2D eigenvalue weighted by atomic mass is 28.3. The van der Waals surface area contributed by atoms with Crippen LogP contribution in [0.1, 0.15) is 10.4 Å². The minimum Gasteiger partial charge on any atom is -0.465 e. The molecule has 0 aliphatic rings. The summed E-state index contributed by atoms with van der Waals surface area (Å²) in [6.07, 6.45) is 5.00. The molecule has 0 saturated carbocycles. The number of pyridine rings is 1. The quantitative estimate of drug-likeness (QED) is 0.195. The van der Waals surface area contributed by atoms with Gasteiger partial charge in [0.15, 0.2) is 0 Å². The number of hydrogen-bond acceptors (Lipinski definition) is 6. The average Bonchev–Trinajstić information content (AvgIpc) is 3.38. The first-order valence-corrected chi connectivity index (χ1v) is 14.8. The van der Waals surface area contributed by atoms with E-state index in [2.05, 4.69) is 34.5 Å². The number of methoxy groups -OCH3 is 1. The molecule has 184 valence electrons. The summed E-state index contributed by atoms with van der Waals surface area (Å²) >= 11 is 0. The van der Waals surface area contributed by atoms with Crippen LogP contribution in [0.25, 0.3) is 33.4 Å². The number of fused-ring (bicyclic) bond motifs is 1. The van der Waals surface area contributed by atoms with Crippen molar-refractivity contribution in [1.29, 1.82) is 0 Å². The molecule has 35 heavy (non-hydrogen) atoms. The predicted molar refractivity (Wildman–Crippen MR) is 131 cm³/mol. The summed E-state index contributed by atoms with van der Waals surface area (Å²) in [7, 11) is 1.70. The number of aromatic nitrogens is 5. The molecule has 3 aromatic heterocycles. The third-order valence-corrected chi connectivity index (χ3v) is 7.25. The number of hydrogen-bond donors (Lipinski definition) is 0. The second-order valence-electron chi connectivity index (χ2n) is 9.49. The highest BCUT2D eigenvalue weighted by Gasteiger charge is 2.21. The molecule has 0 spiro atoms. The molecule has 0 bridgehead atoms. The number of ether oxygens (including phenoxy) is 2. The average molecular weight is 500 g/mol. The van der Waals surface area contributed by atoms with Gasteiger partial charge in [-0.1, -0.05) is 19.6 Å². The maximum Gasteiger partial charge on any atom is 0.338 e. The van der Waals surface area contributed by atoms with E-state index < -0.39 is 25.7 Å². The second-order valence-corrected chi connectivity index (χ2v) is 15.1. The molecule has 0 saturated heterocycles. The number of esters is 1. The summed E-state index contributed by atoms with van der Waals surface area (Å²) < 4.78 is 43.6. The lowest BCUT2D eigenvalue weighted by molar-refractivity contribution is 0.0599. The Kier molecular flexibility index (Phi) is 6.81. The van der Waals surface area contributed by atoms with Gasteiger partial charge >= 0.3 is 5.97 Å². The van der Waals surface area contributed by atoms with Crippen molar-refractivity contribution in [3.63, 3.8) is 0 Å². The van der Waals surface area contributed by atoms with Gasteiger partial charge in [0.25, 0.3) is 0 Å². The van der Waals surface area contributed by atoms with Crippen LogP contribution in [0.2, 0.25) is 25.7 Å². The maximum absolute atomic E-state index is 14.9. The summed E-state index contributed by atoms with van der Waals surface area (Å²) in [5.74, 6) is -2.66. The van der Waals surface area contributed by atoms with E-state index in [1.807, 2.05) is 6.20 Å². The number of rotatable bonds is 8. The van der Waals surface area contributed by atoms with E-state index in [1.165, 1.54) is 6.20 Å². The van der Waals surface area contributed by atoms with Crippen LogP contribution in [-0.2, 0) is 23.3 Å². The SMILES string of the molecule is COC(=O)c1cc(F)c(-c2cc3c(-c4cnn(C)c4)nn(COCC[Si](C)(C)C)c3cn2)c(F)c1. The molecule has 11 heteroatoms. The lowest BCUT2D eigenvalue weighted by Crippen LogP contribution is -2.22. The Balaban J connectivity index is 1.77. The Morgan fingerprint density at radius 3 is 2.43 bits per heavy atom. The largest absolute Gasteiger partial charge is 0.465 e. The first-order chi connectivity index (χ1) is 16.6. The molecule has 0 amide bonds. The van der Waals surface area contributed by atoms with Crippen LogP contribution in [0.4, 0.5) is 8.78 Å². The van der Waals surface area contributed by atoms with Gasteiger partial charge in [-0.3, -0.25) is 9.67 Å². The van der Waals surface area contributed by atoms with Crippen LogP contribution >= 0.6 is 0 Å². The van der Waals surface area contributed by atoms with Crippen molar-refractivity contribution in [2.75, 3.05) is 13.7 Å². The van der Waals surface area contributed by atoms with Crippen LogP contribution in [-0.4, -0.2) is 52.3 Å². The van der Waals surface area contributed by atoms with Crippen LogP contribution in [0.3, 0.4) is 0 Å². The molecular formula is C24H27F2N5O3Si. The van der Waals surface area contributed by atoms with Gasteiger partial charge in [0.2, 0.25) is 0 Å². The van der Waals surface area contributed by atoms with E-state index in [-0.39, 0.29) is 23.6 Å². The zero-order chi connectivity index (χ0) is 25.3. The molecular weight excluding hydrogens is 472 g/mol. The van der Waals surface area contributed by atoms with E-state index in [1.54, 1.807) is 28.7 Å². The highest BCUT2D eigenvalue weighted by Crippen LogP contribution is 2.33. The van der Waals surface area contributed by atoms with Gasteiger partial charge in [-0.2, -0.15) is 10.2 Å². The summed E-state index contributed by atoms with van der Waals surface area (Å²) in [6.45, 7) is 7.68. The molecule has 0 radical (unpaired) electrons. The van der Waals surface area contributed by atoms with Crippen molar-refractivity contribution in [3.8, 4) is 22.5 Å². The minimum atomic E-state index is -1.24. The number of nitrogens with zero attached hydrogens (tertiary/aromatic N) is 5. The third kappa shape index (κ3) is 5.30. The normalized spacial score (nSPS) is 11.9. The van der Waals surface area contributed by atoms with E-state index >= 15 is 0 Å². The Hall–Kier alpha value is -3.44. The van der Waals surface area contributed by atoms with Crippen molar-refractivity contribution in [1.82, 2.24) is 24.5 Å². The first kappa shape index (κ1) is 24.7. The highest BCUT2D eigenvalue weighted by molar-refractivity contribution is 6.76.